The van der Waals surface area contributed by atoms with Gasteiger partial charge in [0, 0.05) is 30.7 Å². The first kappa shape index (κ1) is 23.5. The smallest absolute Gasteiger partial charge is 0.121 e. The van der Waals surface area contributed by atoms with Crippen LogP contribution in [0.4, 0.5) is 5.69 Å². The molecule has 2 aromatic rings. The van der Waals surface area contributed by atoms with Crippen LogP contribution in [0.1, 0.15) is 38.2 Å². The van der Waals surface area contributed by atoms with Gasteiger partial charge < -0.3 is 20.1 Å². The van der Waals surface area contributed by atoms with Gasteiger partial charge in [-0.25, -0.2) is 0 Å². The molecule has 5 nitrogen and oxygen atoms in total. The highest BCUT2D eigenvalue weighted by atomic mass is 35.5. The molecule has 0 spiro atoms. The number of hydrogen-bond acceptors (Lipinski definition) is 5. The first-order chi connectivity index (χ1) is 12.7. The molecular formula is C21H34ClN3O2. The Labute approximate surface area is 169 Å². The van der Waals surface area contributed by atoms with Crippen molar-refractivity contribution in [2.24, 2.45) is 0 Å². The second-order valence-corrected chi connectivity index (χ2v) is 6.70. The summed E-state index contributed by atoms with van der Waals surface area (Å²) in [6.45, 7) is 8.31. The summed E-state index contributed by atoms with van der Waals surface area (Å²) in [5, 5.41) is 13.7. The Kier molecular flexibility index (Phi) is 11.1. The molecule has 2 rings (SSSR count). The molecule has 1 aromatic carbocycles. The van der Waals surface area contributed by atoms with Gasteiger partial charge in [-0.05, 0) is 50.6 Å². The van der Waals surface area contributed by atoms with Crippen molar-refractivity contribution in [3.8, 4) is 5.75 Å². The molecule has 0 amide bonds. The summed E-state index contributed by atoms with van der Waals surface area (Å²) in [7, 11) is 1.70. The van der Waals surface area contributed by atoms with E-state index in [4.69, 9.17) is 9.84 Å². The van der Waals surface area contributed by atoms with Gasteiger partial charge in [0.2, 0.25) is 0 Å². The number of nitrogens with one attached hydrogen (secondary N) is 1. The number of aryl methyl sites for hydroxylation is 1. The van der Waals surface area contributed by atoms with Gasteiger partial charge >= 0.3 is 0 Å². The van der Waals surface area contributed by atoms with E-state index >= 15 is 0 Å². The molecule has 27 heavy (non-hydrogen) atoms. The van der Waals surface area contributed by atoms with Gasteiger partial charge in [0.1, 0.15) is 5.75 Å². The third-order valence-corrected chi connectivity index (χ3v) is 4.85. The van der Waals surface area contributed by atoms with Crippen molar-refractivity contribution < 1.29 is 9.84 Å². The number of likely N-dealkylation sites (N-methyl/N-ethyl adjacent to an activating group) is 1. The summed E-state index contributed by atoms with van der Waals surface area (Å²) >= 11 is 0. The minimum Gasteiger partial charge on any atom is -0.497 e. The second kappa shape index (κ2) is 12.8. The summed E-state index contributed by atoms with van der Waals surface area (Å²) in [6.07, 6.45) is 6.62. The molecular weight excluding hydrogens is 362 g/mol. The maximum absolute atomic E-state index is 9.01. The lowest BCUT2D eigenvalue weighted by molar-refractivity contribution is 0.199. The van der Waals surface area contributed by atoms with Crippen LogP contribution < -0.4 is 10.1 Å². The molecule has 1 heterocycles. The molecule has 0 saturated carbocycles. The van der Waals surface area contributed by atoms with Crippen LogP contribution in [0.3, 0.4) is 0 Å². The van der Waals surface area contributed by atoms with E-state index in [9.17, 15) is 0 Å². The van der Waals surface area contributed by atoms with Crippen LogP contribution in [-0.4, -0.2) is 54.9 Å². The van der Waals surface area contributed by atoms with E-state index in [1.807, 2.05) is 18.3 Å². The maximum Gasteiger partial charge on any atom is 0.121 e. The molecule has 1 aromatic heterocycles. The van der Waals surface area contributed by atoms with Gasteiger partial charge in [-0.1, -0.05) is 19.8 Å². The van der Waals surface area contributed by atoms with Crippen LogP contribution in [0.25, 0.3) is 10.9 Å². The summed E-state index contributed by atoms with van der Waals surface area (Å²) in [5.74, 6) is 0.861. The predicted molar refractivity (Wildman–Crippen MR) is 116 cm³/mol. The summed E-state index contributed by atoms with van der Waals surface area (Å²) in [6, 6.07) is 6.11. The van der Waals surface area contributed by atoms with Crippen LogP contribution in [0.5, 0.6) is 5.75 Å². The van der Waals surface area contributed by atoms with Crippen LogP contribution in [-0.2, 0) is 0 Å². The van der Waals surface area contributed by atoms with Crippen molar-refractivity contribution in [2.45, 2.75) is 39.5 Å². The second-order valence-electron chi connectivity index (χ2n) is 6.70. The van der Waals surface area contributed by atoms with Crippen molar-refractivity contribution in [1.29, 1.82) is 0 Å². The van der Waals surface area contributed by atoms with Crippen LogP contribution in [0.15, 0.2) is 24.4 Å². The normalized spacial score (nSPS) is 10.9. The molecule has 0 atom stereocenters. The van der Waals surface area contributed by atoms with Crippen molar-refractivity contribution in [1.82, 2.24) is 9.88 Å². The zero-order valence-corrected chi connectivity index (χ0v) is 17.6. The summed E-state index contributed by atoms with van der Waals surface area (Å²) in [4.78, 5) is 6.85. The Morgan fingerprint density at radius 2 is 1.93 bits per heavy atom. The van der Waals surface area contributed by atoms with Crippen molar-refractivity contribution in [2.75, 3.05) is 45.2 Å². The molecule has 0 aliphatic rings. The van der Waals surface area contributed by atoms with Gasteiger partial charge in [-0.2, -0.15) is 0 Å². The number of aliphatic hydroxyl groups is 1. The zero-order chi connectivity index (χ0) is 18.8. The Hall–Kier alpha value is -1.56. The highest BCUT2D eigenvalue weighted by molar-refractivity contribution is 5.93. The number of fused-ring (bicyclic) bond motifs is 1. The number of aromatic nitrogens is 1. The van der Waals surface area contributed by atoms with Gasteiger partial charge in [0.05, 0.1) is 24.9 Å². The van der Waals surface area contributed by atoms with E-state index < -0.39 is 0 Å². The SMILES string of the molecule is CCN(CCO)CCCCCCNc1cc(OC)cc2c(C)ccnc12.Cl. The van der Waals surface area contributed by atoms with Gasteiger partial charge in [-0.3, -0.25) is 4.98 Å². The van der Waals surface area contributed by atoms with Gasteiger partial charge in [0.15, 0.2) is 0 Å². The van der Waals surface area contributed by atoms with Crippen LogP contribution >= 0.6 is 12.4 Å². The fourth-order valence-corrected chi connectivity index (χ4v) is 3.22. The lowest BCUT2D eigenvalue weighted by Crippen LogP contribution is -2.27. The van der Waals surface area contributed by atoms with Gasteiger partial charge in [-0.15, -0.1) is 12.4 Å². The molecule has 0 aliphatic carbocycles. The minimum atomic E-state index is 0. The quantitative estimate of drug-likeness (QED) is 0.526. The van der Waals surface area contributed by atoms with E-state index in [0.717, 1.165) is 54.9 Å². The zero-order valence-electron chi connectivity index (χ0n) is 16.8. The van der Waals surface area contributed by atoms with E-state index in [1.54, 1.807) is 7.11 Å². The van der Waals surface area contributed by atoms with Crippen molar-refractivity contribution >= 4 is 29.0 Å². The Morgan fingerprint density at radius 1 is 1.15 bits per heavy atom. The van der Waals surface area contributed by atoms with Crippen molar-refractivity contribution in [3.05, 3.63) is 30.0 Å². The largest absolute Gasteiger partial charge is 0.497 e. The number of anilines is 1. The van der Waals surface area contributed by atoms with Crippen molar-refractivity contribution in [3.63, 3.8) is 0 Å². The minimum absolute atomic E-state index is 0. The predicted octanol–water partition coefficient (Wildman–Crippen LogP) is 4.26. The topological polar surface area (TPSA) is 57.6 Å². The summed E-state index contributed by atoms with van der Waals surface area (Å²) < 4.78 is 5.44. The molecule has 0 bridgehead atoms. The molecule has 6 heteroatoms. The van der Waals surface area contributed by atoms with E-state index in [0.29, 0.717) is 0 Å². The standard InChI is InChI=1S/C21H33N3O2.ClH/c1-4-24(13-14-25)12-8-6-5-7-10-22-20-16-18(26-3)15-19-17(2)9-11-23-21(19)20;/h9,11,15-16,22,25H,4-8,10,12-14H2,1-3H3;1H. The molecule has 0 saturated heterocycles. The Balaban J connectivity index is 0.00000364. The van der Waals surface area contributed by atoms with E-state index in [-0.39, 0.29) is 19.0 Å². The number of unbranched alkanes of at least 4 members (excludes halogenated alkanes) is 3. The molecule has 2 N–H and O–H groups in total. The van der Waals surface area contributed by atoms with Crippen LogP contribution in [0.2, 0.25) is 0 Å². The van der Waals surface area contributed by atoms with Crippen LogP contribution in [0, 0.1) is 6.92 Å². The molecule has 152 valence electrons. The molecule has 0 radical (unpaired) electrons. The monoisotopic (exact) mass is 395 g/mol. The number of methoxy groups -OCH3 is 1. The third-order valence-electron chi connectivity index (χ3n) is 4.85. The number of ether oxygens (including phenoxy) is 1. The number of benzene rings is 1. The Morgan fingerprint density at radius 3 is 2.63 bits per heavy atom. The van der Waals surface area contributed by atoms with E-state index in [2.05, 4.69) is 35.1 Å². The average Bonchev–Trinajstić information content (AvgIpc) is 2.66. The summed E-state index contributed by atoms with van der Waals surface area (Å²) in [5.41, 5.74) is 3.26. The number of halogens is 1. The average molecular weight is 396 g/mol. The number of rotatable bonds is 12. The number of pyridine rings is 1. The molecule has 0 unspecified atom stereocenters. The lowest BCUT2D eigenvalue weighted by Gasteiger charge is -2.18. The first-order valence-electron chi connectivity index (χ1n) is 9.70. The highest BCUT2D eigenvalue weighted by Gasteiger charge is 2.07. The fraction of sp³-hybridized carbons (Fsp3) is 0.571. The number of nitrogens with zero attached hydrogens (tertiary/aromatic N) is 2. The van der Waals surface area contributed by atoms with Gasteiger partial charge in [0.25, 0.3) is 0 Å². The maximum atomic E-state index is 9.01. The number of aliphatic hydroxyl groups excluding tert-OH is 1. The highest BCUT2D eigenvalue weighted by Crippen LogP contribution is 2.29. The number of hydrogen-bond donors (Lipinski definition) is 2. The third kappa shape index (κ3) is 7.17. The lowest BCUT2D eigenvalue weighted by atomic mass is 10.1. The molecule has 0 fully saturated rings. The first-order valence-corrected chi connectivity index (χ1v) is 9.70. The Bertz CT molecular complexity index is 682. The molecule has 0 aliphatic heterocycles. The fourth-order valence-electron chi connectivity index (χ4n) is 3.22. The van der Waals surface area contributed by atoms with E-state index in [1.165, 1.54) is 24.8 Å².